The van der Waals surface area contributed by atoms with Crippen LogP contribution in [0.1, 0.15) is 29.9 Å². The van der Waals surface area contributed by atoms with Crippen LogP contribution in [0.2, 0.25) is 0 Å². The number of hydrogen-bond acceptors (Lipinski definition) is 5. The van der Waals surface area contributed by atoms with E-state index in [0.29, 0.717) is 12.3 Å². The fourth-order valence-corrected chi connectivity index (χ4v) is 4.92. The van der Waals surface area contributed by atoms with Gasteiger partial charge in [0.2, 0.25) is 0 Å². The van der Waals surface area contributed by atoms with Crippen molar-refractivity contribution in [3.63, 3.8) is 0 Å². The zero-order chi connectivity index (χ0) is 15.3. The van der Waals surface area contributed by atoms with Gasteiger partial charge in [-0.25, -0.2) is 4.18 Å². The maximum absolute atomic E-state index is 11.1. The normalized spacial score (nSPS) is 30.6. The van der Waals surface area contributed by atoms with E-state index in [4.69, 9.17) is 8.74 Å². The fourth-order valence-electron chi connectivity index (χ4n) is 4.39. The molecule has 3 aliphatic rings. The van der Waals surface area contributed by atoms with E-state index in [1.165, 1.54) is 16.8 Å². The van der Waals surface area contributed by atoms with Gasteiger partial charge in [-0.15, -0.1) is 0 Å². The van der Waals surface area contributed by atoms with Gasteiger partial charge in [0.05, 0.1) is 6.10 Å². The standard InChI is InChI=1S/C15H20N2O4S/c18-22(19,20)21-13-5-4-11-9-17-7-6-16-8-10-2-1-3-12(14(11)13)15(10)17/h1-3,11,13-14,16H,4-9H2,(H,18,19,20). The Hall–Kier alpha value is -1.15. The Morgan fingerprint density at radius 3 is 3.00 bits per heavy atom. The minimum atomic E-state index is -4.41. The van der Waals surface area contributed by atoms with Crippen molar-refractivity contribution in [2.24, 2.45) is 5.92 Å². The van der Waals surface area contributed by atoms with Crippen LogP contribution < -0.4 is 10.2 Å². The van der Waals surface area contributed by atoms with Crippen molar-refractivity contribution in [1.82, 2.24) is 5.32 Å². The topological polar surface area (TPSA) is 78.9 Å². The van der Waals surface area contributed by atoms with Gasteiger partial charge in [-0.05, 0) is 29.9 Å². The smallest absolute Gasteiger partial charge is 0.369 e. The van der Waals surface area contributed by atoms with Gasteiger partial charge in [-0.3, -0.25) is 4.55 Å². The Kier molecular flexibility index (Phi) is 3.41. The lowest BCUT2D eigenvalue weighted by Crippen LogP contribution is -2.40. The van der Waals surface area contributed by atoms with E-state index in [9.17, 15) is 8.42 Å². The van der Waals surface area contributed by atoms with E-state index >= 15 is 0 Å². The number of nitrogens with one attached hydrogen (secondary N) is 1. The molecule has 2 heterocycles. The summed E-state index contributed by atoms with van der Waals surface area (Å²) in [6.07, 6.45) is 1.15. The molecule has 0 bridgehead atoms. The van der Waals surface area contributed by atoms with Crippen LogP contribution in [-0.4, -0.2) is 38.7 Å². The van der Waals surface area contributed by atoms with Crippen LogP contribution >= 0.6 is 0 Å². The van der Waals surface area contributed by atoms with E-state index < -0.39 is 16.5 Å². The van der Waals surface area contributed by atoms with Gasteiger partial charge in [0.15, 0.2) is 0 Å². The molecule has 120 valence electrons. The average Bonchev–Trinajstić information content (AvgIpc) is 2.71. The minimum Gasteiger partial charge on any atom is -0.369 e. The summed E-state index contributed by atoms with van der Waals surface area (Å²) in [4.78, 5) is 2.42. The highest BCUT2D eigenvalue weighted by Crippen LogP contribution is 2.50. The summed E-state index contributed by atoms with van der Waals surface area (Å²) in [5.41, 5.74) is 3.66. The molecule has 0 amide bonds. The molecule has 3 atom stereocenters. The lowest BCUT2D eigenvalue weighted by atomic mass is 9.81. The van der Waals surface area contributed by atoms with Crippen LogP contribution in [0.4, 0.5) is 5.69 Å². The van der Waals surface area contributed by atoms with Crippen LogP contribution in [0.3, 0.4) is 0 Å². The van der Waals surface area contributed by atoms with Crippen LogP contribution in [0.25, 0.3) is 0 Å². The van der Waals surface area contributed by atoms with E-state index in [-0.39, 0.29) is 5.92 Å². The molecular weight excluding hydrogens is 304 g/mol. The van der Waals surface area contributed by atoms with E-state index in [0.717, 1.165) is 32.6 Å². The van der Waals surface area contributed by atoms with Crippen molar-refractivity contribution >= 4 is 16.1 Å². The molecule has 1 aromatic rings. The number of benzene rings is 1. The average molecular weight is 324 g/mol. The van der Waals surface area contributed by atoms with Gasteiger partial charge >= 0.3 is 10.4 Å². The van der Waals surface area contributed by atoms with Gasteiger partial charge in [-0.1, -0.05) is 18.2 Å². The van der Waals surface area contributed by atoms with Gasteiger partial charge in [0, 0.05) is 37.8 Å². The maximum Gasteiger partial charge on any atom is 0.397 e. The number of hydrogen-bond donors (Lipinski definition) is 2. The zero-order valence-corrected chi connectivity index (χ0v) is 13.1. The molecule has 2 N–H and O–H groups in total. The molecule has 6 nitrogen and oxygen atoms in total. The lowest BCUT2D eigenvalue weighted by Gasteiger charge is -2.40. The van der Waals surface area contributed by atoms with Crippen molar-refractivity contribution in [2.45, 2.75) is 31.4 Å². The molecule has 2 aliphatic heterocycles. The molecule has 22 heavy (non-hydrogen) atoms. The summed E-state index contributed by atoms with van der Waals surface area (Å²) in [5, 5.41) is 3.43. The van der Waals surface area contributed by atoms with Crippen LogP contribution in [0, 0.1) is 5.92 Å². The summed E-state index contributed by atoms with van der Waals surface area (Å²) in [7, 11) is -4.41. The Morgan fingerprint density at radius 2 is 2.18 bits per heavy atom. The largest absolute Gasteiger partial charge is 0.397 e. The third-order valence-electron chi connectivity index (χ3n) is 5.13. The summed E-state index contributed by atoms with van der Waals surface area (Å²) < 4.78 is 36.3. The molecular formula is C15H20N2O4S. The number of fused-ring (bicyclic) bond motifs is 2. The van der Waals surface area contributed by atoms with E-state index in [1.54, 1.807) is 0 Å². The number of rotatable bonds is 2. The molecule has 1 aliphatic carbocycles. The Bertz CT molecular complexity index is 691. The molecule has 7 heteroatoms. The molecule has 0 spiro atoms. The number of anilines is 1. The van der Waals surface area contributed by atoms with Gasteiger partial charge < -0.3 is 10.2 Å². The van der Waals surface area contributed by atoms with Crippen molar-refractivity contribution in [2.75, 3.05) is 24.5 Å². The summed E-state index contributed by atoms with van der Waals surface area (Å²) >= 11 is 0. The van der Waals surface area contributed by atoms with Crippen molar-refractivity contribution in [3.8, 4) is 0 Å². The predicted molar refractivity (Wildman–Crippen MR) is 82.2 cm³/mol. The first kappa shape index (κ1) is 14.4. The van der Waals surface area contributed by atoms with Crippen molar-refractivity contribution < 1.29 is 17.2 Å². The molecule has 1 fully saturated rings. The third kappa shape index (κ3) is 2.42. The van der Waals surface area contributed by atoms with Crippen molar-refractivity contribution in [1.29, 1.82) is 0 Å². The van der Waals surface area contributed by atoms with Crippen LogP contribution in [0.5, 0.6) is 0 Å². The summed E-state index contributed by atoms with van der Waals surface area (Å²) in [6, 6.07) is 6.24. The van der Waals surface area contributed by atoms with Gasteiger partial charge in [0.25, 0.3) is 0 Å². The summed E-state index contributed by atoms with van der Waals surface area (Å²) in [6.45, 7) is 3.69. The van der Waals surface area contributed by atoms with E-state index in [1.807, 2.05) is 6.07 Å². The molecule has 1 aromatic carbocycles. The second-order valence-electron chi connectivity index (χ2n) is 6.40. The minimum absolute atomic E-state index is 0.0474. The number of nitrogens with zero attached hydrogens (tertiary/aromatic N) is 1. The first-order valence-electron chi connectivity index (χ1n) is 7.76. The number of para-hydroxylation sites is 1. The van der Waals surface area contributed by atoms with Gasteiger partial charge in [-0.2, -0.15) is 8.42 Å². The van der Waals surface area contributed by atoms with Gasteiger partial charge in [0.1, 0.15) is 0 Å². The zero-order valence-electron chi connectivity index (χ0n) is 12.2. The molecule has 1 saturated carbocycles. The molecule has 0 saturated heterocycles. The second-order valence-corrected chi connectivity index (χ2v) is 7.45. The van der Waals surface area contributed by atoms with Crippen LogP contribution in [0.15, 0.2) is 18.2 Å². The molecule has 0 aromatic heterocycles. The first-order chi connectivity index (χ1) is 10.5. The fraction of sp³-hybridized carbons (Fsp3) is 0.600. The van der Waals surface area contributed by atoms with E-state index in [2.05, 4.69) is 22.3 Å². The molecule has 3 unspecified atom stereocenters. The van der Waals surface area contributed by atoms with Crippen LogP contribution in [-0.2, 0) is 21.1 Å². The lowest BCUT2D eigenvalue weighted by molar-refractivity contribution is 0.162. The summed E-state index contributed by atoms with van der Waals surface area (Å²) in [5.74, 6) is 0.429. The molecule has 0 radical (unpaired) electrons. The van der Waals surface area contributed by atoms with Crippen molar-refractivity contribution in [3.05, 3.63) is 29.3 Å². The SMILES string of the molecule is O=S(=O)(O)OC1CCC2CN3CCNCc4cccc(c43)C21. The highest BCUT2D eigenvalue weighted by molar-refractivity contribution is 7.80. The Labute approximate surface area is 130 Å². The Balaban J connectivity index is 1.77. The second kappa shape index (κ2) is 5.19. The molecule has 4 rings (SSSR count). The predicted octanol–water partition coefficient (Wildman–Crippen LogP) is 1.29. The highest BCUT2D eigenvalue weighted by Gasteiger charge is 2.45. The monoisotopic (exact) mass is 324 g/mol. The first-order valence-corrected chi connectivity index (χ1v) is 9.12. The maximum atomic E-state index is 11.1. The highest BCUT2D eigenvalue weighted by atomic mass is 32.3. The Morgan fingerprint density at radius 1 is 1.32 bits per heavy atom. The third-order valence-corrected chi connectivity index (χ3v) is 5.62. The quantitative estimate of drug-likeness (QED) is 0.798.